The number of nitrogens with zero attached hydrogens (tertiary/aromatic N) is 2. The first-order valence-electron chi connectivity index (χ1n) is 15.4. The van der Waals surface area contributed by atoms with Crippen LogP contribution in [0.1, 0.15) is 90.6 Å². The molecular formula is C30H53N5O7SSi. The van der Waals surface area contributed by atoms with Crippen LogP contribution in [-0.4, -0.2) is 88.2 Å². The maximum Gasteiger partial charge on any atom is 0.407 e. The number of amides is 3. The predicted molar refractivity (Wildman–Crippen MR) is 175 cm³/mol. The van der Waals surface area contributed by atoms with E-state index in [0.29, 0.717) is 26.1 Å². The number of rotatable bonds is 14. The highest BCUT2D eigenvalue weighted by molar-refractivity contribution is 7.13. The highest BCUT2D eigenvalue weighted by Crippen LogP contribution is 2.36. The van der Waals surface area contributed by atoms with E-state index in [1.54, 1.807) is 5.38 Å². The molecule has 0 radical (unpaired) electrons. The predicted octanol–water partition coefficient (Wildman–Crippen LogP) is 4.61. The van der Waals surface area contributed by atoms with Gasteiger partial charge in [-0.3, -0.25) is 9.59 Å². The van der Waals surface area contributed by atoms with Gasteiger partial charge in [-0.2, -0.15) is 0 Å². The van der Waals surface area contributed by atoms with Crippen molar-refractivity contribution in [2.75, 3.05) is 38.3 Å². The molecule has 1 aliphatic heterocycles. The quantitative estimate of drug-likeness (QED) is 0.149. The Kier molecular flexibility index (Phi) is 14.1. The van der Waals surface area contributed by atoms with Gasteiger partial charge in [0.15, 0.2) is 13.4 Å². The highest BCUT2D eigenvalue weighted by Gasteiger charge is 2.38. The zero-order chi connectivity index (χ0) is 33.1. The minimum atomic E-state index is -2.13. The number of carbonyl (C=O) groups is 4. The minimum absolute atomic E-state index is 0.0365. The monoisotopic (exact) mass is 655 g/mol. The van der Waals surface area contributed by atoms with Gasteiger partial charge in [-0.05, 0) is 64.6 Å². The molecule has 3 N–H and O–H groups in total. The van der Waals surface area contributed by atoms with Crippen molar-refractivity contribution >= 4 is 48.7 Å². The number of alkyl carbamates (subject to hydrolysis) is 1. The molecule has 0 aliphatic carbocycles. The second-order valence-corrected chi connectivity index (χ2v) is 19.3. The maximum atomic E-state index is 13.0. The van der Waals surface area contributed by atoms with Gasteiger partial charge in [0, 0.05) is 37.5 Å². The van der Waals surface area contributed by atoms with Crippen molar-refractivity contribution in [3.8, 4) is 0 Å². The molecule has 12 nitrogen and oxygen atoms in total. The summed E-state index contributed by atoms with van der Waals surface area (Å²) in [4.78, 5) is 56.1. The molecule has 250 valence electrons. The van der Waals surface area contributed by atoms with E-state index in [0.717, 1.165) is 37.2 Å². The Balaban J connectivity index is 1.74. The molecule has 1 aromatic heterocycles. The van der Waals surface area contributed by atoms with E-state index in [1.165, 1.54) is 18.4 Å². The van der Waals surface area contributed by atoms with Gasteiger partial charge in [0.2, 0.25) is 5.91 Å². The SMILES string of the molecule is COC(=O)[C@H](CO[Si](C)(C)C(C)(C)C)NC(=O)c1csc(N2CCC(NC(=O)CCCCCNC(=O)OC(C)(C)C)CC2)n1. The summed E-state index contributed by atoms with van der Waals surface area (Å²) < 4.78 is 16.3. The number of aromatic nitrogens is 1. The van der Waals surface area contributed by atoms with Crippen LogP contribution in [0.15, 0.2) is 5.38 Å². The largest absolute Gasteiger partial charge is 0.467 e. The first kappa shape index (κ1) is 37.5. The Morgan fingerprint density at radius 1 is 1.07 bits per heavy atom. The molecule has 1 atom stereocenters. The average Bonchev–Trinajstić information content (AvgIpc) is 3.42. The van der Waals surface area contributed by atoms with Crippen LogP contribution in [0.25, 0.3) is 0 Å². The summed E-state index contributed by atoms with van der Waals surface area (Å²) in [5.74, 6) is -0.981. The molecule has 3 amide bonds. The Morgan fingerprint density at radius 3 is 2.32 bits per heavy atom. The fourth-order valence-corrected chi connectivity index (χ4v) is 6.05. The third kappa shape index (κ3) is 12.7. The van der Waals surface area contributed by atoms with Crippen molar-refractivity contribution in [2.24, 2.45) is 0 Å². The van der Waals surface area contributed by atoms with Gasteiger partial charge in [0.05, 0.1) is 13.7 Å². The van der Waals surface area contributed by atoms with Crippen LogP contribution in [0.2, 0.25) is 18.1 Å². The van der Waals surface area contributed by atoms with Gasteiger partial charge < -0.3 is 34.8 Å². The maximum absolute atomic E-state index is 13.0. The van der Waals surface area contributed by atoms with Crippen molar-refractivity contribution in [3.63, 3.8) is 0 Å². The van der Waals surface area contributed by atoms with E-state index >= 15 is 0 Å². The smallest absolute Gasteiger partial charge is 0.407 e. The average molecular weight is 656 g/mol. The molecule has 44 heavy (non-hydrogen) atoms. The number of hydrogen-bond donors (Lipinski definition) is 3. The number of carbonyl (C=O) groups excluding carboxylic acids is 4. The van der Waals surface area contributed by atoms with Crippen molar-refractivity contribution < 1.29 is 33.1 Å². The normalized spacial score (nSPS) is 15.3. The Labute approximate surface area is 267 Å². The van der Waals surface area contributed by atoms with Crippen molar-refractivity contribution in [3.05, 3.63) is 11.1 Å². The number of anilines is 1. The van der Waals surface area contributed by atoms with Gasteiger partial charge in [-0.15, -0.1) is 11.3 Å². The standard InChI is InChI=1S/C30H53N5O7SSi/c1-29(2,3)42-28(39)31-16-12-10-11-13-24(36)32-21-14-17-35(18-15-21)27-34-23(20-43-27)25(37)33-22(26(38)40-7)19-41-44(8,9)30(4,5)6/h20-22H,10-19H2,1-9H3,(H,31,39)(H,32,36)(H,33,37)/t22-/m0/s1. The molecule has 0 bridgehead atoms. The second-order valence-electron chi connectivity index (χ2n) is 13.7. The number of thiazole rings is 1. The van der Waals surface area contributed by atoms with Gasteiger partial charge in [0.1, 0.15) is 17.3 Å². The summed E-state index contributed by atoms with van der Waals surface area (Å²) in [6, 6.07) is -0.836. The van der Waals surface area contributed by atoms with E-state index in [9.17, 15) is 19.2 Å². The van der Waals surface area contributed by atoms with E-state index in [2.05, 4.69) is 59.7 Å². The number of hydrogen-bond acceptors (Lipinski definition) is 10. The van der Waals surface area contributed by atoms with Crippen LogP contribution in [0, 0.1) is 0 Å². The highest BCUT2D eigenvalue weighted by atomic mass is 32.1. The van der Waals surface area contributed by atoms with Crippen LogP contribution >= 0.6 is 11.3 Å². The number of nitrogens with one attached hydrogen (secondary N) is 3. The van der Waals surface area contributed by atoms with Gasteiger partial charge in [-0.1, -0.05) is 27.2 Å². The zero-order valence-electron chi connectivity index (χ0n) is 28.0. The van der Waals surface area contributed by atoms with Gasteiger partial charge in [-0.25, -0.2) is 14.6 Å². The molecule has 0 aromatic carbocycles. The number of methoxy groups -OCH3 is 1. The molecule has 2 heterocycles. The van der Waals surface area contributed by atoms with E-state index < -0.39 is 37.9 Å². The minimum Gasteiger partial charge on any atom is -0.467 e. The molecule has 2 rings (SSSR count). The molecule has 0 saturated carbocycles. The lowest BCUT2D eigenvalue weighted by atomic mass is 10.0. The molecular weight excluding hydrogens is 603 g/mol. The summed E-state index contributed by atoms with van der Waals surface area (Å²) in [6.45, 7) is 17.9. The van der Waals surface area contributed by atoms with Crippen LogP contribution in [0.3, 0.4) is 0 Å². The van der Waals surface area contributed by atoms with Crippen molar-refractivity contribution in [1.82, 2.24) is 20.9 Å². The summed E-state index contributed by atoms with van der Waals surface area (Å²) in [5, 5.41) is 11.0. The number of unbranched alkanes of at least 4 members (excludes halogenated alkanes) is 2. The molecule has 0 spiro atoms. The summed E-state index contributed by atoms with van der Waals surface area (Å²) in [6.07, 6.45) is 3.96. The molecule has 0 unspecified atom stereocenters. The van der Waals surface area contributed by atoms with Crippen LogP contribution in [0.5, 0.6) is 0 Å². The molecule has 1 aromatic rings. The third-order valence-corrected chi connectivity index (χ3v) is 13.2. The Morgan fingerprint density at radius 2 is 1.73 bits per heavy atom. The van der Waals surface area contributed by atoms with Crippen molar-refractivity contribution in [2.45, 2.75) is 116 Å². The van der Waals surface area contributed by atoms with E-state index in [1.807, 2.05) is 20.8 Å². The van der Waals surface area contributed by atoms with E-state index in [-0.39, 0.29) is 29.3 Å². The lowest BCUT2D eigenvalue weighted by Gasteiger charge is -2.37. The first-order valence-corrected chi connectivity index (χ1v) is 19.2. The zero-order valence-corrected chi connectivity index (χ0v) is 29.8. The Bertz CT molecular complexity index is 1110. The van der Waals surface area contributed by atoms with Crippen LogP contribution in [-0.2, 0) is 23.5 Å². The number of ether oxygens (including phenoxy) is 2. The summed E-state index contributed by atoms with van der Waals surface area (Å²) in [5.41, 5.74) is -0.279. The summed E-state index contributed by atoms with van der Waals surface area (Å²) in [7, 11) is -0.847. The van der Waals surface area contributed by atoms with E-state index in [4.69, 9.17) is 13.9 Å². The number of esters is 1. The fraction of sp³-hybridized carbons (Fsp3) is 0.767. The molecule has 1 fully saturated rings. The second kappa shape index (κ2) is 16.6. The van der Waals surface area contributed by atoms with Crippen molar-refractivity contribution in [1.29, 1.82) is 0 Å². The third-order valence-electron chi connectivity index (χ3n) is 7.81. The topological polar surface area (TPSA) is 148 Å². The Hall–Kier alpha value is -2.71. The van der Waals surface area contributed by atoms with Gasteiger partial charge >= 0.3 is 12.1 Å². The molecule has 1 saturated heterocycles. The van der Waals surface area contributed by atoms with Gasteiger partial charge in [0.25, 0.3) is 5.91 Å². The molecule has 1 aliphatic rings. The number of piperidine rings is 1. The lowest BCUT2D eigenvalue weighted by molar-refractivity contribution is -0.143. The first-order chi connectivity index (χ1) is 20.4. The fourth-order valence-electron chi connectivity index (χ4n) is 4.17. The summed E-state index contributed by atoms with van der Waals surface area (Å²) >= 11 is 1.38. The lowest BCUT2D eigenvalue weighted by Crippen LogP contribution is -2.49. The molecule has 14 heteroatoms. The van der Waals surface area contributed by atoms with Crippen LogP contribution in [0.4, 0.5) is 9.93 Å². The van der Waals surface area contributed by atoms with Crippen LogP contribution < -0.4 is 20.9 Å².